The highest BCUT2D eigenvalue weighted by atomic mass is 32.2. The SMILES string of the molecule is COc1cc2c(cc1Nc1nc(Nc3ccsc3C(N)=O)c3ccn(S(=O)(=O)c4ccc(C)cc4)c3n1)N(C(=O)CN(C)C)CC2. The molecule has 6 rings (SSSR count). The number of carbonyl (C=O) groups excluding carboxylic acids is 2. The lowest BCUT2D eigenvalue weighted by Gasteiger charge is -2.21. The van der Waals surface area contributed by atoms with Crippen LogP contribution in [0.4, 0.5) is 28.8 Å². The van der Waals surface area contributed by atoms with Gasteiger partial charge in [-0.3, -0.25) is 9.59 Å². The third kappa shape index (κ3) is 5.75. The number of nitrogens with two attached hydrogens (primary N) is 1. The fourth-order valence-electron chi connectivity index (χ4n) is 5.30. The Balaban J connectivity index is 1.48. The van der Waals surface area contributed by atoms with Crippen LogP contribution in [0.5, 0.6) is 5.75 Å². The van der Waals surface area contributed by atoms with Crippen molar-refractivity contribution in [3.8, 4) is 5.75 Å². The number of methoxy groups -OCH3 is 1. The number of benzene rings is 2. The van der Waals surface area contributed by atoms with Gasteiger partial charge in [-0.1, -0.05) is 17.7 Å². The van der Waals surface area contributed by atoms with E-state index in [-0.39, 0.29) is 39.6 Å². The Morgan fingerprint density at radius 2 is 1.83 bits per heavy atom. The van der Waals surface area contributed by atoms with Crippen LogP contribution in [-0.2, 0) is 21.2 Å². The van der Waals surface area contributed by atoms with E-state index in [0.717, 1.165) is 20.8 Å². The Labute approximate surface area is 269 Å². The summed E-state index contributed by atoms with van der Waals surface area (Å²) in [5.41, 5.74) is 9.20. The maximum atomic E-state index is 13.8. The highest BCUT2D eigenvalue weighted by Gasteiger charge is 2.28. The number of fused-ring (bicyclic) bond motifs is 2. The Hall–Kier alpha value is -4.99. The van der Waals surface area contributed by atoms with E-state index in [1.54, 1.807) is 46.7 Å². The smallest absolute Gasteiger partial charge is 0.269 e. The van der Waals surface area contributed by atoms with Gasteiger partial charge in [0.2, 0.25) is 11.9 Å². The number of thiophene rings is 1. The van der Waals surface area contributed by atoms with E-state index in [4.69, 9.17) is 10.5 Å². The average molecular weight is 661 g/mol. The molecular weight excluding hydrogens is 629 g/mol. The lowest BCUT2D eigenvalue weighted by molar-refractivity contribution is -0.119. The molecule has 238 valence electrons. The van der Waals surface area contributed by atoms with Crippen LogP contribution >= 0.6 is 11.3 Å². The number of ether oxygens (including phenoxy) is 1. The minimum absolute atomic E-state index is 0.0378. The van der Waals surface area contributed by atoms with E-state index < -0.39 is 15.9 Å². The second-order valence-electron chi connectivity index (χ2n) is 11.1. The van der Waals surface area contributed by atoms with Crippen molar-refractivity contribution in [3.05, 3.63) is 76.1 Å². The molecule has 1 aliphatic rings. The summed E-state index contributed by atoms with van der Waals surface area (Å²) < 4.78 is 34.4. The Morgan fingerprint density at radius 1 is 1.07 bits per heavy atom. The first kappa shape index (κ1) is 31.0. The van der Waals surface area contributed by atoms with Crippen molar-refractivity contribution in [1.82, 2.24) is 18.8 Å². The van der Waals surface area contributed by atoms with E-state index in [2.05, 4.69) is 20.6 Å². The second-order valence-corrected chi connectivity index (χ2v) is 13.8. The number of carbonyl (C=O) groups is 2. The van der Waals surface area contributed by atoms with Gasteiger partial charge in [0.25, 0.3) is 15.9 Å². The molecule has 0 radical (unpaired) electrons. The van der Waals surface area contributed by atoms with Crippen LogP contribution in [0.2, 0.25) is 0 Å². The van der Waals surface area contributed by atoms with Gasteiger partial charge < -0.3 is 30.9 Å². The second kappa shape index (κ2) is 12.1. The molecule has 3 aromatic heterocycles. The van der Waals surface area contributed by atoms with Crippen molar-refractivity contribution < 1.29 is 22.7 Å². The molecule has 5 aromatic rings. The number of hydrogen-bond donors (Lipinski definition) is 3. The van der Waals surface area contributed by atoms with Crippen LogP contribution in [0.1, 0.15) is 20.8 Å². The zero-order chi connectivity index (χ0) is 32.7. The predicted molar refractivity (Wildman–Crippen MR) is 178 cm³/mol. The molecule has 2 amide bonds. The molecule has 13 nitrogen and oxygen atoms in total. The van der Waals surface area contributed by atoms with Gasteiger partial charge in [0.15, 0.2) is 5.65 Å². The summed E-state index contributed by atoms with van der Waals surface area (Å²) in [5, 5.41) is 8.44. The maximum Gasteiger partial charge on any atom is 0.269 e. The fourth-order valence-corrected chi connectivity index (χ4v) is 7.30. The van der Waals surface area contributed by atoms with Gasteiger partial charge in [0, 0.05) is 18.4 Å². The molecule has 0 fully saturated rings. The number of anilines is 5. The third-order valence-electron chi connectivity index (χ3n) is 7.53. The van der Waals surface area contributed by atoms with Crippen LogP contribution in [0, 0.1) is 6.92 Å². The minimum Gasteiger partial charge on any atom is -0.495 e. The molecule has 0 saturated heterocycles. The van der Waals surface area contributed by atoms with Crippen molar-refractivity contribution in [2.75, 3.05) is 49.8 Å². The van der Waals surface area contributed by atoms with Crippen LogP contribution in [0.3, 0.4) is 0 Å². The summed E-state index contributed by atoms with van der Waals surface area (Å²) in [6.07, 6.45) is 2.09. The van der Waals surface area contributed by atoms with Gasteiger partial charge in [-0.25, -0.2) is 12.4 Å². The highest BCUT2D eigenvalue weighted by molar-refractivity contribution is 7.90. The summed E-state index contributed by atoms with van der Waals surface area (Å²) in [5.74, 6) is 0.137. The summed E-state index contributed by atoms with van der Waals surface area (Å²) in [4.78, 5) is 38.3. The van der Waals surface area contributed by atoms with Crippen molar-refractivity contribution in [2.45, 2.75) is 18.2 Å². The van der Waals surface area contributed by atoms with Gasteiger partial charge in [-0.15, -0.1) is 11.3 Å². The maximum absolute atomic E-state index is 13.8. The number of aryl methyl sites for hydroxylation is 1. The summed E-state index contributed by atoms with van der Waals surface area (Å²) in [7, 11) is 1.17. The van der Waals surface area contributed by atoms with Gasteiger partial charge >= 0.3 is 0 Å². The molecule has 46 heavy (non-hydrogen) atoms. The lowest BCUT2D eigenvalue weighted by Crippen LogP contribution is -2.36. The number of rotatable bonds is 10. The van der Waals surface area contributed by atoms with Crippen molar-refractivity contribution >= 4 is 73.0 Å². The topological polar surface area (TPSA) is 165 Å². The fraction of sp³-hybridized carbons (Fsp3) is 0.226. The first-order valence-electron chi connectivity index (χ1n) is 14.2. The molecule has 1 aliphatic heterocycles. The standard InChI is InChI=1S/C31H32N8O5S2/c1-18-5-7-20(8-6-18)46(42,43)39-13-10-21-29(33-22-11-14-45-27(22)28(32)41)35-31(36-30(21)39)34-23-16-24-19(15-25(23)44-4)9-12-38(24)26(40)17-37(2)3/h5-8,10-11,13-16H,9,12,17H2,1-4H3,(H2,32,41)(H2,33,34,35,36). The van der Waals surface area contributed by atoms with E-state index in [1.165, 1.54) is 24.6 Å². The molecule has 4 N–H and O–H groups in total. The number of aromatic nitrogens is 3. The normalized spacial score (nSPS) is 12.8. The quantitative estimate of drug-likeness (QED) is 0.199. The number of likely N-dealkylation sites (N-methyl/N-ethyl adjacent to an activating group) is 1. The van der Waals surface area contributed by atoms with Crippen LogP contribution in [0.25, 0.3) is 11.0 Å². The lowest BCUT2D eigenvalue weighted by atomic mass is 10.1. The van der Waals surface area contributed by atoms with E-state index in [9.17, 15) is 18.0 Å². The first-order chi connectivity index (χ1) is 22.0. The van der Waals surface area contributed by atoms with Crippen molar-refractivity contribution in [1.29, 1.82) is 0 Å². The molecule has 0 atom stereocenters. The Kier molecular flexibility index (Phi) is 8.14. The van der Waals surface area contributed by atoms with Gasteiger partial charge in [-0.2, -0.15) is 9.97 Å². The van der Waals surface area contributed by atoms with Crippen molar-refractivity contribution in [3.63, 3.8) is 0 Å². The Morgan fingerprint density at radius 3 is 2.52 bits per heavy atom. The summed E-state index contributed by atoms with van der Waals surface area (Å²) in [6.45, 7) is 2.67. The first-order valence-corrected chi connectivity index (χ1v) is 16.6. The predicted octanol–water partition coefficient (Wildman–Crippen LogP) is 4.08. The average Bonchev–Trinajstić information content (AvgIpc) is 3.75. The number of nitrogens with one attached hydrogen (secondary N) is 2. The summed E-state index contributed by atoms with van der Waals surface area (Å²) in [6, 6.07) is 13.5. The zero-order valence-electron chi connectivity index (χ0n) is 25.6. The number of nitrogens with zero attached hydrogens (tertiary/aromatic N) is 5. The van der Waals surface area contributed by atoms with Gasteiger partial charge in [-0.05, 0) is 74.8 Å². The number of primary amides is 1. The Bertz CT molecular complexity index is 2090. The molecule has 0 spiro atoms. The van der Waals surface area contributed by atoms with Crippen LogP contribution in [0.15, 0.2) is 65.0 Å². The number of hydrogen-bond acceptors (Lipinski definition) is 11. The summed E-state index contributed by atoms with van der Waals surface area (Å²) >= 11 is 1.17. The third-order valence-corrected chi connectivity index (χ3v) is 10.1. The van der Waals surface area contributed by atoms with Crippen LogP contribution < -0.4 is 26.0 Å². The molecule has 2 aromatic carbocycles. The van der Waals surface area contributed by atoms with E-state index in [1.807, 2.05) is 38.1 Å². The van der Waals surface area contributed by atoms with Crippen LogP contribution in [-0.4, -0.2) is 73.4 Å². The van der Waals surface area contributed by atoms with Crippen molar-refractivity contribution in [2.24, 2.45) is 5.73 Å². The van der Waals surface area contributed by atoms with Gasteiger partial charge in [0.1, 0.15) is 16.4 Å². The van der Waals surface area contributed by atoms with E-state index in [0.29, 0.717) is 35.5 Å². The largest absolute Gasteiger partial charge is 0.495 e. The highest BCUT2D eigenvalue weighted by Crippen LogP contribution is 2.39. The molecule has 15 heteroatoms. The van der Waals surface area contributed by atoms with E-state index >= 15 is 0 Å². The van der Waals surface area contributed by atoms with Gasteiger partial charge in [0.05, 0.1) is 35.3 Å². The monoisotopic (exact) mass is 660 g/mol. The molecule has 0 aliphatic carbocycles. The molecule has 0 saturated carbocycles. The molecular formula is C31H32N8O5S2. The molecule has 0 bridgehead atoms. The molecule has 4 heterocycles. The number of amides is 2. The minimum atomic E-state index is -4.05. The molecule has 0 unspecified atom stereocenters. The zero-order valence-corrected chi connectivity index (χ0v) is 27.2.